The summed E-state index contributed by atoms with van der Waals surface area (Å²) in [6.45, 7) is 2.05. The molecule has 3 aromatic carbocycles. The van der Waals surface area contributed by atoms with Gasteiger partial charge in [-0.2, -0.15) is 0 Å². The summed E-state index contributed by atoms with van der Waals surface area (Å²) in [5.41, 5.74) is 2.23. The van der Waals surface area contributed by atoms with Gasteiger partial charge in [0.15, 0.2) is 11.5 Å². The zero-order valence-corrected chi connectivity index (χ0v) is 18.3. The van der Waals surface area contributed by atoms with Crippen LogP contribution in [0.4, 0.5) is 5.69 Å². The van der Waals surface area contributed by atoms with Crippen LogP contribution in [0.15, 0.2) is 71.6 Å². The lowest BCUT2D eigenvalue weighted by molar-refractivity contribution is 0.0951. The molecule has 1 amide bonds. The van der Waals surface area contributed by atoms with Gasteiger partial charge in [0.25, 0.3) is 15.9 Å². The van der Waals surface area contributed by atoms with Crippen molar-refractivity contribution < 1.29 is 22.7 Å². The van der Waals surface area contributed by atoms with Crippen LogP contribution in [0, 0.1) is 6.92 Å². The van der Waals surface area contributed by atoms with Gasteiger partial charge < -0.3 is 14.8 Å². The lowest BCUT2D eigenvalue weighted by Gasteiger charge is -2.13. The molecule has 0 saturated carbocycles. The van der Waals surface area contributed by atoms with E-state index in [2.05, 4.69) is 10.0 Å². The highest BCUT2D eigenvalue weighted by atomic mass is 32.2. The minimum atomic E-state index is -3.76. The minimum Gasteiger partial charge on any atom is -0.493 e. The second kappa shape index (κ2) is 9.53. The molecule has 31 heavy (non-hydrogen) atoms. The summed E-state index contributed by atoms with van der Waals surface area (Å²) in [6, 6.07) is 18.3. The second-order valence-corrected chi connectivity index (χ2v) is 8.50. The smallest absolute Gasteiger partial charge is 0.261 e. The van der Waals surface area contributed by atoms with Crippen molar-refractivity contribution in [3.05, 3.63) is 83.4 Å². The molecule has 0 fully saturated rings. The maximum absolute atomic E-state index is 12.7. The van der Waals surface area contributed by atoms with Crippen LogP contribution < -0.4 is 19.5 Å². The molecule has 0 bridgehead atoms. The normalized spacial score (nSPS) is 10.9. The van der Waals surface area contributed by atoms with Gasteiger partial charge in [0.1, 0.15) is 0 Å². The molecule has 8 heteroatoms. The fourth-order valence-electron chi connectivity index (χ4n) is 2.95. The summed E-state index contributed by atoms with van der Waals surface area (Å²) >= 11 is 0. The molecule has 0 aliphatic carbocycles. The van der Waals surface area contributed by atoms with Crippen molar-refractivity contribution in [2.75, 3.05) is 18.9 Å². The molecule has 0 aliphatic heterocycles. The highest BCUT2D eigenvalue weighted by molar-refractivity contribution is 7.92. The molecule has 0 aromatic heterocycles. The van der Waals surface area contributed by atoms with Crippen LogP contribution in [0.5, 0.6) is 11.5 Å². The van der Waals surface area contributed by atoms with Crippen LogP contribution in [0.2, 0.25) is 0 Å². The van der Waals surface area contributed by atoms with E-state index in [1.165, 1.54) is 18.2 Å². The molecule has 0 unspecified atom stereocenters. The van der Waals surface area contributed by atoms with Gasteiger partial charge in [-0.3, -0.25) is 9.52 Å². The molecule has 7 nitrogen and oxygen atoms in total. The zero-order chi connectivity index (χ0) is 22.4. The Hall–Kier alpha value is -3.52. The number of anilines is 1. The first-order valence-electron chi connectivity index (χ1n) is 9.51. The summed E-state index contributed by atoms with van der Waals surface area (Å²) in [5, 5.41) is 2.83. The quantitative estimate of drug-likeness (QED) is 0.557. The minimum absolute atomic E-state index is 0.151. The highest BCUT2D eigenvalue weighted by Gasteiger charge is 2.16. The molecule has 3 aromatic rings. The lowest BCUT2D eigenvalue weighted by Crippen LogP contribution is -2.23. The second-order valence-electron chi connectivity index (χ2n) is 6.82. The largest absolute Gasteiger partial charge is 0.493 e. The van der Waals surface area contributed by atoms with E-state index in [1.54, 1.807) is 63.6 Å². The van der Waals surface area contributed by atoms with Crippen LogP contribution >= 0.6 is 0 Å². The van der Waals surface area contributed by atoms with Crippen molar-refractivity contribution >= 4 is 21.6 Å². The Bertz CT molecular complexity index is 1180. The van der Waals surface area contributed by atoms with Crippen molar-refractivity contribution in [3.8, 4) is 11.5 Å². The molecule has 0 spiro atoms. The molecule has 2 N–H and O–H groups in total. The third-order valence-corrected chi connectivity index (χ3v) is 6.08. The van der Waals surface area contributed by atoms with Gasteiger partial charge in [-0.15, -0.1) is 0 Å². The van der Waals surface area contributed by atoms with E-state index in [1.807, 2.05) is 6.07 Å². The van der Waals surface area contributed by atoms with Gasteiger partial charge in [0, 0.05) is 12.1 Å². The lowest BCUT2D eigenvalue weighted by atomic mass is 10.1. The van der Waals surface area contributed by atoms with Crippen molar-refractivity contribution in [1.82, 2.24) is 5.32 Å². The van der Waals surface area contributed by atoms with Gasteiger partial charge in [-0.25, -0.2) is 8.42 Å². The SMILES string of the molecule is COc1ccc(CNC(=O)c2ccc(C)c(NS(=O)(=O)c3ccccc3)c2)cc1OC. The predicted molar refractivity (Wildman–Crippen MR) is 119 cm³/mol. The van der Waals surface area contributed by atoms with E-state index in [9.17, 15) is 13.2 Å². The summed E-state index contributed by atoms with van der Waals surface area (Å²) < 4.78 is 38.3. The first kappa shape index (κ1) is 22.2. The van der Waals surface area contributed by atoms with Crippen molar-refractivity contribution in [2.45, 2.75) is 18.4 Å². The van der Waals surface area contributed by atoms with Crippen LogP contribution in [0.1, 0.15) is 21.5 Å². The van der Waals surface area contributed by atoms with Gasteiger partial charge in [-0.1, -0.05) is 30.3 Å². The molecule has 3 rings (SSSR count). The standard InChI is InChI=1S/C23H24N2O5S/c1-16-9-11-18(14-20(16)25-31(27,28)19-7-5-4-6-8-19)23(26)24-15-17-10-12-21(29-2)22(13-17)30-3/h4-14,25H,15H2,1-3H3,(H,24,26). The monoisotopic (exact) mass is 440 g/mol. The van der Waals surface area contributed by atoms with Crippen molar-refractivity contribution in [2.24, 2.45) is 0 Å². The first-order valence-corrected chi connectivity index (χ1v) is 11.0. The Balaban J connectivity index is 1.74. The van der Waals surface area contributed by atoms with Crippen LogP contribution in [0.3, 0.4) is 0 Å². The molecule has 0 atom stereocenters. The number of aryl methyl sites for hydroxylation is 1. The average Bonchev–Trinajstić information content (AvgIpc) is 2.79. The Labute approximate surface area is 182 Å². The van der Waals surface area contributed by atoms with Crippen LogP contribution in [0.25, 0.3) is 0 Å². The summed E-state index contributed by atoms with van der Waals surface area (Å²) in [7, 11) is -0.653. The van der Waals surface area contributed by atoms with Crippen molar-refractivity contribution in [1.29, 1.82) is 0 Å². The predicted octanol–water partition coefficient (Wildman–Crippen LogP) is 3.74. The fraction of sp³-hybridized carbons (Fsp3) is 0.174. The fourth-order valence-corrected chi connectivity index (χ4v) is 4.09. The van der Waals surface area contributed by atoms with E-state index < -0.39 is 10.0 Å². The number of hydrogen-bond acceptors (Lipinski definition) is 5. The van der Waals surface area contributed by atoms with Crippen LogP contribution in [-0.2, 0) is 16.6 Å². The van der Waals surface area contributed by atoms with E-state index in [4.69, 9.17) is 9.47 Å². The summed E-state index contributed by atoms with van der Waals surface area (Å²) in [5.74, 6) is 0.851. The van der Waals surface area contributed by atoms with Gasteiger partial charge in [0.05, 0.1) is 24.8 Å². The van der Waals surface area contributed by atoms with Crippen LogP contribution in [-0.4, -0.2) is 28.5 Å². The maximum atomic E-state index is 12.7. The van der Waals surface area contributed by atoms with E-state index in [0.29, 0.717) is 28.3 Å². The number of benzene rings is 3. The van der Waals surface area contributed by atoms with Crippen molar-refractivity contribution in [3.63, 3.8) is 0 Å². The summed E-state index contributed by atoms with van der Waals surface area (Å²) in [4.78, 5) is 12.8. The third-order valence-electron chi connectivity index (χ3n) is 4.70. The molecule has 0 saturated heterocycles. The van der Waals surface area contributed by atoms with Gasteiger partial charge in [-0.05, 0) is 54.4 Å². The number of sulfonamides is 1. The Morgan fingerprint density at radius 3 is 2.29 bits per heavy atom. The maximum Gasteiger partial charge on any atom is 0.261 e. The number of amides is 1. The van der Waals surface area contributed by atoms with E-state index in [0.717, 1.165) is 5.56 Å². The van der Waals surface area contributed by atoms with Gasteiger partial charge >= 0.3 is 0 Å². The molecule has 162 valence electrons. The van der Waals surface area contributed by atoms with E-state index >= 15 is 0 Å². The Kier molecular flexibility index (Phi) is 6.81. The van der Waals surface area contributed by atoms with Gasteiger partial charge in [0.2, 0.25) is 0 Å². The molecule has 0 radical (unpaired) electrons. The number of methoxy groups -OCH3 is 2. The highest BCUT2D eigenvalue weighted by Crippen LogP contribution is 2.27. The Morgan fingerprint density at radius 1 is 0.903 bits per heavy atom. The number of nitrogens with one attached hydrogen (secondary N) is 2. The number of ether oxygens (including phenoxy) is 2. The molecule has 0 aliphatic rings. The first-order chi connectivity index (χ1) is 14.8. The summed E-state index contributed by atoms with van der Waals surface area (Å²) in [6.07, 6.45) is 0. The number of hydrogen-bond donors (Lipinski definition) is 2. The van der Waals surface area contributed by atoms with E-state index in [-0.39, 0.29) is 17.3 Å². The molecular weight excluding hydrogens is 416 g/mol. The Morgan fingerprint density at radius 2 is 1.61 bits per heavy atom. The topological polar surface area (TPSA) is 93.7 Å². The average molecular weight is 441 g/mol. The third kappa shape index (κ3) is 5.35. The number of carbonyl (C=O) groups excluding carboxylic acids is 1. The zero-order valence-electron chi connectivity index (χ0n) is 17.5. The number of carbonyl (C=O) groups is 1. The molecular formula is C23H24N2O5S. The number of rotatable bonds is 8. The molecule has 0 heterocycles.